The maximum Gasteiger partial charge on any atom is 0.390 e. The Morgan fingerprint density at radius 3 is 2.75 bits per heavy atom. The number of para-hydroxylation sites is 1. The summed E-state index contributed by atoms with van der Waals surface area (Å²) < 4.78 is 48.0. The van der Waals surface area contributed by atoms with Gasteiger partial charge < -0.3 is 14.8 Å². The molecule has 0 saturated carbocycles. The van der Waals surface area contributed by atoms with Gasteiger partial charge in [0, 0.05) is 24.6 Å². The maximum atomic E-state index is 12.3. The molecule has 1 atom stereocenters. The van der Waals surface area contributed by atoms with Crippen LogP contribution in [-0.2, 0) is 6.54 Å². The molecule has 1 unspecified atom stereocenters. The second kappa shape index (κ2) is 6.35. The highest BCUT2D eigenvalue weighted by Crippen LogP contribution is 2.33. The van der Waals surface area contributed by atoms with E-state index < -0.39 is 18.6 Å². The molecule has 6 heteroatoms. The predicted octanol–water partition coefficient (Wildman–Crippen LogP) is 3.28. The normalized spacial score (nSPS) is 16.6. The Hall–Kier alpha value is -1.43. The van der Waals surface area contributed by atoms with Gasteiger partial charge in [0.1, 0.15) is 0 Å². The quantitative estimate of drug-likeness (QED) is 0.922. The number of benzene rings is 1. The smallest absolute Gasteiger partial charge is 0.390 e. The highest BCUT2D eigenvalue weighted by Gasteiger charge is 2.29. The number of hydrogen-bond acceptors (Lipinski definition) is 3. The molecule has 112 valence electrons. The minimum absolute atomic E-state index is 0.323. The average Bonchev–Trinajstić information content (AvgIpc) is 2.59. The molecule has 0 radical (unpaired) electrons. The monoisotopic (exact) mass is 289 g/mol. The van der Waals surface area contributed by atoms with Crippen molar-refractivity contribution in [2.45, 2.75) is 38.5 Å². The molecule has 2 rings (SSSR count). The first kappa shape index (κ1) is 15.0. The van der Waals surface area contributed by atoms with Gasteiger partial charge in [0.15, 0.2) is 11.5 Å². The van der Waals surface area contributed by atoms with Crippen molar-refractivity contribution in [3.05, 3.63) is 23.8 Å². The van der Waals surface area contributed by atoms with Crippen LogP contribution in [0.1, 0.15) is 25.3 Å². The van der Waals surface area contributed by atoms with Crippen LogP contribution in [0.25, 0.3) is 0 Å². The topological polar surface area (TPSA) is 30.5 Å². The molecule has 0 fully saturated rings. The lowest BCUT2D eigenvalue weighted by Crippen LogP contribution is -2.30. The van der Waals surface area contributed by atoms with Crippen molar-refractivity contribution < 1.29 is 22.6 Å². The van der Waals surface area contributed by atoms with E-state index in [-0.39, 0.29) is 0 Å². The van der Waals surface area contributed by atoms with E-state index in [1.807, 2.05) is 18.2 Å². The average molecular weight is 289 g/mol. The first-order chi connectivity index (χ1) is 9.46. The Kier molecular flexibility index (Phi) is 4.75. The highest BCUT2D eigenvalue weighted by atomic mass is 19.4. The first-order valence-electron chi connectivity index (χ1n) is 6.63. The summed E-state index contributed by atoms with van der Waals surface area (Å²) in [6, 6.07) is 4.82. The minimum atomic E-state index is -4.15. The highest BCUT2D eigenvalue weighted by molar-refractivity contribution is 5.47. The van der Waals surface area contributed by atoms with Gasteiger partial charge in [0.05, 0.1) is 19.6 Å². The second-order valence-electron chi connectivity index (χ2n) is 4.90. The van der Waals surface area contributed by atoms with Crippen LogP contribution < -0.4 is 14.8 Å². The van der Waals surface area contributed by atoms with Crippen molar-refractivity contribution >= 4 is 0 Å². The second-order valence-corrected chi connectivity index (χ2v) is 4.90. The summed E-state index contributed by atoms with van der Waals surface area (Å²) in [6.45, 7) is 2.99. The third-order valence-corrected chi connectivity index (χ3v) is 3.03. The van der Waals surface area contributed by atoms with Crippen molar-refractivity contribution in [1.29, 1.82) is 0 Å². The molecule has 3 nitrogen and oxygen atoms in total. The standard InChI is InChI=1S/C14H18F3NO2/c1-10(8-14(15,16)17)18-9-11-4-2-5-12-13(11)20-7-3-6-19-12/h2,4-5,10,18H,3,6-9H2,1H3. The maximum absolute atomic E-state index is 12.3. The molecule has 0 saturated heterocycles. The number of hydrogen-bond donors (Lipinski definition) is 1. The summed E-state index contributed by atoms with van der Waals surface area (Å²) >= 11 is 0. The molecule has 0 bridgehead atoms. The van der Waals surface area contributed by atoms with Crippen molar-refractivity contribution in [3.8, 4) is 11.5 Å². The number of ether oxygens (including phenoxy) is 2. The van der Waals surface area contributed by atoms with Crippen LogP contribution in [-0.4, -0.2) is 25.4 Å². The van der Waals surface area contributed by atoms with Crippen molar-refractivity contribution in [2.24, 2.45) is 0 Å². The fourth-order valence-corrected chi connectivity index (χ4v) is 2.10. The van der Waals surface area contributed by atoms with E-state index in [0.29, 0.717) is 31.3 Å². The van der Waals surface area contributed by atoms with Gasteiger partial charge in [-0.15, -0.1) is 0 Å². The van der Waals surface area contributed by atoms with Crippen LogP contribution in [0.3, 0.4) is 0 Å². The van der Waals surface area contributed by atoms with Crippen LogP contribution in [0, 0.1) is 0 Å². The fourth-order valence-electron chi connectivity index (χ4n) is 2.10. The van der Waals surface area contributed by atoms with Gasteiger partial charge in [0.2, 0.25) is 0 Å². The summed E-state index contributed by atoms with van der Waals surface area (Å²) in [4.78, 5) is 0. The molecular formula is C14H18F3NO2. The van der Waals surface area contributed by atoms with Crippen molar-refractivity contribution in [1.82, 2.24) is 5.32 Å². The third kappa shape index (κ3) is 4.30. The van der Waals surface area contributed by atoms with Gasteiger partial charge in [-0.1, -0.05) is 12.1 Å². The Morgan fingerprint density at radius 2 is 2.00 bits per heavy atom. The third-order valence-electron chi connectivity index (χ3n) is 3.03. The zero-order valence-corrected chi connectivity index (χ0v) is 11.3. The summed E-state index contributed by atoms with van der Waals surface area (Å²) in [5.41, 5.74) is 0.818. The molecule has 1 aliphatic rings. The fraction of sp³-hybridized carbons (Fsp3) is 0.571. The molecule has 1 aromatic rings. The summed E-state index contributed by atoms with van der Waals surface area (Å²) in [6.07, 6.45) is -4.20. The molecule has 0 spiro atoms. The number of alkyl halides is 3. The van der Waals surface area contributed by atoms with E-state index in [1.54, 1.807) is 0 Å². The lowest BCUT2D eigenvalue weighted by molar-refractivity contribution is -0.139. The Morgan fingerprint density at radius 1 is 1.25 bits per heavy atom. The number of fused-ring (bicyclic) bond motifs is 1. The predicted molar refractivity (Wildman–Crippen MR) is 69.0 cm³/mol. The first-order valence-corrected chi connectivity index (χ1v) is 6.63. The number of nitrogens with one attached hydrogen (secondary N) is 1. The van der Waals surface area contributed by atoms with Crippen LogP contribution >= 0.6 is 0 Å². The van der Waals surface area contributed by atoms with Gasteiger partial charge in [-0.2, -0.15) is 13.2 Å². The summed E-state index contributed by atoms with van der Waals surface area (Å²) in [5, 5.41) is 2.87. The van der Waals surface area contributed by atoms with Crippen LogP contribution in [0.4, 0.5) is 13.2 Å². The van der Waals surface area contributed by atoms with Gasteiger partial charge in [-0.05, 0) is 13.0 Å². The van der Waals surface area contributed by atoms with Gasteiger partial charge in [-0.3, -0.25) is 0 Å². The van der Waals surface area contributed by atoms with Gasteiger partial charge in [0.25, 0.3) is 0 Å². The van der Waals surface area contributed by atoms with E-state index in [4.69, 9.17) is 9.47 Å². The summed E-state index contributed by atoms with van der Waals surface area (Å²) in [7, 11) is 0. The molecular weight excluding hydrogens is 271 g/mol. The molecule has 0 amide bonds. The zero-order valence-electron chi connectivity index (χ0n) is 11.3. The van der Waals surface area contributed by atoms with Crippen LogP contribution in [0.2, 0.25) is 0 Å². The van der Waals surface area contributed by atoms with Crippen molar-refractivity contribution in [3.63, 3.8) is 0 Å². The zero-order chi connectivity index (χ0) is 14.6. The molecule has 1 N–H and O–H groups in total. The van der Waals surface area contributed by atoms with E-state index in [9.17, 15) is 13.2 Å². The molecule has 0 aromatic heterocycles. The largest absolute Gasteiger partial charge is 0.490 e. The van der Waals surface area contributed by atoms with E-state index in [2.05, 4.69) is 5.32 Å². The lowest BCUT2D eigenvalue weighted by atomic mass is 10.1. The van der Waals surface area contributed by atoms with Crippen molar-refractivity contribution in [2.75, 3.05) is 13.2 Å². The number of rotatable bonds is 4. The van der Waals surface area contributed by atoms with Gasteiger partial charge in [-0.25, -0.2) is 0 Å². The van der Waals surface area contributed by atoms with Gasteiger partial charge >= 0.3 is 6.18 Å². The SMILES string of the molecule is CC(CC(F)(F)F)NCc1cccc2c1OCCCO2. The molecule has 1 aliphatic heterocycles. The molecule has 1 aromatic carbocycles. The van der Waals surface area contributed by atoms with Crippen LogP contribution in [0.5, 0.6) is 11.5 Å². The molecule has 20 heavy (non-hydrogen) atoms. The number of halogens is 3. The Bertz CT molecular complexity index is 449. The van der Waals surface area contributed by atoms with E-state index in [1.165, 1.54) is 6.92 Å². The van der Waals surface area contributed by atoms with Crippen LogP contribution in [0.15, 0.2) is 18.2 Å². The molecule has 1 heterocycles. The Balaban J connectivity index is 1.99. The lowest BCUT2D eigenvalue weighted by Gasteiger charge is -2.17. The summed E-state index contributed by atoms with van der Waals surface area (Å²) in [5.74, 6) is 1.29. The minimum Gasteiger partial charge on any atom is -0.490 e. The Labute approximate surface area is 116 Å². The van der Waals surface area contributed by atoms with E-state index in [0.717, 1.165) is 12.0 Å². The molecule has 0 aliphatic carbocycles. The van der Waals surface area contributed by atoms with E-state index >= 15 is 0 Å².